The van der Waals surface area contributed by atoms with Crippen molar-refractivity contribution in [2.45, 2.75) is 69.9 Å². The van der Waals surface area contributed by atoms with Gasteiger partial charge in [-0.15, -0.1) is 0 Å². The van der Waals surface area contributed by atoms with Crippen molar-refractivity contribution in [1.82, 2.24) is 14.5 Å². The number of imidazole rings is 1. The largest absolute Gasteiger partial charge is 0.480 e. The number of Topliss-reactive ketones (excluding diaryl/α,β-unsaturated/α-hetero) is 1. The molecule has 1 aromatic carbocycles. The lowest BCUT2D eigenvalue weighted by Crippen LogP contribution is -2.54. The fraction of sp³-hybridized carbons (Fsp3) is 0.464. The second-order valence-electron chi connectivity index (χ2n) is 10.6. The lowest BCUT2D eigenvalue weighted by molar-refractivity contribution is -0.138. The Kier molecular flexibility index (Phi) is 5.71. The number of fused-ring (bicyclic) bond motifs is 1. The van der Waals surface area contributed by atoms with Crippen LogP contribution in [0.25, 0.3) is 16.9 Å². The number of pyridine rings is 1. The number of hydrogen-bond donors (Lipinski definition) is 2. The van der Waals surface area contributed by atoms with Gasteiger partial charge in [0.2, 0.25) is 0 Å². The molecule has 0 radical (unpaired) electrons. The van der Waals surface area contributed by atoms with Crippen LogP contribution in [-0.4, -0.2) is 54.4 Å². The molecule has 2 aromatic heterocycles. The first-order chi connectivity index (χ1) is 17.4. The summed E-state index contributed by atoms with van der Waals surface area (Å²) in [5.41, 5.74) is 3.58. The third-order valence-electron chi connectivity index (χ3n) is 8.10. The summed E-state index contributed by atoms with van der Waals surface area (Å²) in [5.74, 6) is 0.828. The average molecular weight is 487 g/mol. The van der Waals surface area contributed by atoms with Crippen LogP contribution in [0.2, 0.25) is 0 Å². The molecular weight excluding hydrogens is 456 g/mol. The first-order valence-corrected chi connectivity index (χ1v) is 12.9. The predicted molar refractivity (Wildman–Crippen MR) is 134 cm³/mol. The van der Waals surface area contributed by atoms with E-state index in [2.05, 4.69) is 14.5 Å². The first kappa shape index (κ1) is 23.0. The van der Waals surface area contributed by atoms with Crippen molar-refractivity contribution in [3.63, 3.8) is 0 Å². The van der Waals surface area contributed by atoms with Crippen molar-refractivity contribution in [2.75, 3.05) is 0 Å². The Hall–Kier alpha value is -3.39. The Labute approximate surface area is 209 Å². The number of carboxylic acids is 1. The fourth-order valence-electron chi connectivity index (χ4n) is 5.71. The van der Waals surface area contributed by atoms with Crippen molar-refractivity contribution in [3.05, 3.63) is 54.0 Å². The van der Waals surface area contributed by atoms with E-state index in [-0.39, 0.29) is 24.7 Å². The minimum atomic E-state index is -0.992. The smallest absolute Gasteiger partial charge is 0.328 e. The van der Waals surface area contributed by atoms with E-state index in [9.17, 15) is 19.8 Å². The second kappa shape index (κ2) is 8.92. The number of aromatic nitrogens is 3. The van der Waals surface area contributed by atoms with Crippen LogP contribution >= 0.6 is 0 Å². The molecule has 0 bridgehead atoms. The lowest BCUT2D eigenvalue weighted by Gasteiger charge is -2.45. The maximum atomic E-state index is 12.5. The molecule has 6 rings (SSSR count). The van der Waals surface area contributed by atoms with Gasteiger partial charge in [0.25, 0.3) is 0 Å². The normalized spacial score (nSPS) is 25.9. The molecule has 186 valence electrons. The summed E-state index contributed by atoms with van der Waals surface area (Å²) < 4.78 is 2.10. The minimum absolute atomic E-state index is 0.129. The number of benzene rings is 1. The number of rotatable bonds is 7. The molecule has 3 aliphatic rings. The number of carbonyl (C=O) groups is 2. The van der Waals surface area contributed by atoms with Gasteiger partial charge in [-0.25, -0.2) is 14.8 Å². The van der Waals surface area contributed by atoms with Crippen molar-refractivity contribution >= 4 is 28.6 Å². The molecule has 1 atom stereocenters. The Morgan fingerprint density at radius 2 is 1.89 bits per heavy atom. The number of nitrogens with zero attached hydrogens (tertiary/aromatic N) is 4. The standard InChI is InChI=1S/C28H30N4O4/c33-20-9-11-28(12-10-20)23(16-24(28)34)30-22(27(35)36)14-17-5-7-19(8-6-17)32-25(15-18-3-4-18)31-21-2-1-13-29-26(21)32/h1-2,5-8,13,18,20,22,33H,3-4,9-12,14-16H2,(H,35,36)/t20?,22-,28?/m0/s1. The van der Waals surface area contributed by atoms with Gasteiger partial charge in [0.1, 0.15) is 17.1 Å². The van der Waals surface area contributed by atoms with E-state index < -0.39 is 17.4 Å². The van der Waals surface area contributed by atoms with Crippen LogP contribution in [0.15, 0.2) is 47.6 Å². The number of carboxylic acid groups (broad SMARTS) is 1. The number of ketones is 1. The summed E-state index contributed by atoms with van der Waals surface area (Å²) in [7, 11) is 0. The van der Waals surface area contributed by atoms with E-state index in [1.165, 1.54) is 12.8 Å². The molecule has 0 amide bonds. The van der Waals surface area contributed by atoms with Crippen LogP contribution in [0.1, 0.15) is 56.3 Å². The van der Waals surface area contributed by atoms with E-state index in [0.717, 1.165) is 34.7 Å². The Morgan fingerprint density at radius 3 is 2.56 bits per heavy atom. The number of aliphatic imine (C=N–C) groups is 1. The summed E-state index contributed by atoms with van der Waals surface area (Å²) in [5, 5.41) is 19.8. The van der Waals surface area contributed by atoms with Crippen LogP contribution in [0, 0.1) is 11.3 Å². The molecule has 3 saturated carbocycles. The molecular formula is C28H30N4O4. The predicted octanol–water partition coefficient (Wildman–Crippen LogP) is 3.70. The van der Waals surface area contributed by atoms with Gasteiger partial charge in [-0.2, -0.15) is 0 Å². The summed E-state index contributed by atoms with van der Waals surface area (Å²) in [6, 6.07) is 10.8. The first-order valence-electron chi connectivity index (χ1n) is 12.9. The highest BCUT2D eigenvalue weighted by Gasteiger charge is 2.53. The Bertz CT molecular complexity index is 1350. The minimum Gasteiger partial charge on any atom is -0.480 e. The zero-order valence-electron chi connectivity index (χ0n) is 20.1. The number of hydrogen-bond acceptors (Lipinski definition) is 6. The summed E-state index contributed by atoms with van der Waals surface area (Å²) in [4.78, 5) is 38.5. The van der Waals surface area contributed by atoms with E-state index in [0.29, 0.717) is 37.3 Å². The fourth-order valence-corrected chi connectivity index (χ4v) is 5.71. The van der Waals surface area contributed by atoms with E-state index in [4.69, 9.17) is 4.98 Å². The molecule has 0 unspecified atom stereocenters. The molecule has 3 aliphatic carbocycles. The van der Waals surface area contributed by atoms with Gasteiger partial charge in [-0.1, -0.05) is 12.1 Å². The van der Waals surface area contributed by atoms with E-state index in [1.807, 2.05) is 36.4 Å². The molecule has 2 heterocycles. The number of aliphatic hydroxyl groups excluding tert-OH is 1. The topological polar surface area (TPSA) is 118 Å². The van der Waals surface area contributed by atoms with Crippen LogP contribution in [-0.2, 0) is 22.4 Å². The molecule has 1 spiro atoms. The van der Waals surface area contributed by atoms with Crippen molar-refractivity contribution in [2.24, 2.45) is 16.3 Å². The molecule has 8 heteroatoms. The number of aliphatic hydroxyl groups is 1. The highest BCUT2D eigenvalue weighted by Crippen LogP contribution is 2.47. The van der Waals surface area contributed by atoms with Gasteiger partial charge >= 0.3 is 5.97 Å². The maximum Gasteiger partial charge on any atom is 0.328 e. The van der Waals surface area contributed by atoms with Gasteiger partial charge in [0.05, 0.1) is 11.5 Å². The van der Waals surface area contributed by atoms with Crippen LogP contribution in [0.5, 0.6) is 0 Å². The lowest BCUT2D eigenvalue weighted by atomic mass is 9.58. The van der Waals surface area contributed by atoms with Gasteiger partial charge < -0.3 is 10.2 Å². The third-order valence-corrected chi connectivity index (χ3v) is 8.10. The maximum absolute atomic E-state index is 12.5. The van der Waals surface area contributed by atoms with Crippen molar-refractivity contribution < 1.29 is 19.8 Å². The number of aliphatic carboxylic acids is 1. The highest BCUT2D eigenvalue weighted by atomic mass is 16.4. The van der Waals surface area contributed by atoms with Gasteiger partial charge in [0.15, 0.2) is 11.7 Å². The van der Waals surface area contributed by atoms with Gasteiger partial charge in [0, 0.05) is 36.9 Å². The highest BCUT2D eigenvalue weighted by molar-refractivity contribution is 6.27. The summed E-state index contributed by atoms with van der Waals surface area (Å²) >= 11 is 0. The Balaban J connectivity index is 1.24. The molecule has 8 nitrogen and oxygen atoms in total. The zero-order chi connectivity index (χ0) is 24.9. The molecule has 0 saturated heterocycles. The monoisotopic (exact) mass is 486 g/mol. The summed E-state index contributed by atoms with van der Waals surface area (Å²) in [6.07, 6.45) is 7.51. The van der Waals surface area contributed by atoms with E-state index >= 15 is 0 Å². The quantitative estimate of drug-likeness (QED) is 0.526. The molecule has 2 N–H and O–H groups in total. The molecule has 0 aliphatic heterocycles. The second-order valence-corrected chi connectivity index (χ2v) is 10.6. The van der Waals surface area contributed by atoms with Gasteiger partial charge in [-0.3, -0.25) is 14.4 Å². The van der Waals surface area contributed by atoms with Crippen LogP contribution < -0.4 is 0 Å². The SMILES string of the molecule is O=C(O)[C@H](Cc1ccc(-n2c(CC3CC3)nc3cccnc32)cc1)N=C1CC(=O)C12CCC(O)CC2. The third kappa shape index (κ3) is 4.13. The Morgan fingerprint density at radius 1 is 1.14 bits per heavy atom. The van der Waals surface area contributed by atoms with Crippen LogP contribution in [0.4, 0.5) is 0 Å². The van der Waals surface area contributed by atoms with Crippen molar-refractivity contribution in [1.29, 1.82) is 0 Å². The molecule has 3 aromatic rings. The molecule has 3 fully saturated rings. The average Bonchev–Trinajstić information content (AvgIpc) is 3.62. The van der Waals surface area contributed by atoms with E-state index in [1.54, 1.807) is 6.20 Å². The van der Waals surface area contributed by atoms with Gasteiger partial charge in [-0.05, 0) is 74.3 Å². The summed E-state index contributed by atoms with van der Waals surface area (Å²) in [6.45, 7) is 0. The molecule has 36 heavy (non-hydrogen) atoms. The zero-order valence-corrected chi connectivity index (χ0v) is 20.1. The number of carbonyl (C=O) groups excluding carboxylic acids is 1. The van der Waals surface area contributed by atoms with Crippen molar-refractivity contribution in [3.8, 4) is 5.69 Å². The van der Waals surface area contributed by atoms with Crippen LogP contribution in [0.3, 0.4) is 0 Å².